The van der Waals surface area contributed by atoms with E-state index < -0.39 is 0 Å². The molecule has 2 aliphatic rings. The quantitative estimate of drug-likeness (QED) is 0.565. The zero-order valence-electron chi connectivity index (χ0n) is 5.33. The van der Waals surface area contributed by atoms with Gasteiger partial charge in [-0.05, 0) is 18.2 Å². The Balaban J connectivity index is 2.78. The van der Waals surface area contributed by atoms with E-state index in [1.807, 2.05) is 18.2 Å². The second kappa shape index (κ2) is 1.77. The zero-order valence-corrected chi connectivity index (χ0v) is 5.33. The summed E-state index contributed by atoms with van der Waals surface area (Å²) >= 11 is 0. The molecule has 0 radical (unpaired) electrons. The van der Waals surface area contributed by atoms with Crippen molar-refractivity contribution in [2.75, 3.05) is 0 Å². The number of aromatic hydroxyl groups is 1. The Bertz CT molecular complexity index is 313. The summed E-state index contributed by atoms with van der Waals surface area (Å²) in [5, 5.41) is 9.18. The summed E-state index contributed by atoms with van der Waals surface area (Å²) in [6.45, 7) is 0. The molecule has 2 rings (SSSR count). The van der Waals surface area contributed by atoms with Crippen LogP contribution in [0.25, 0.3) is 11.3 Å². The van der Waals surface area contributed by atoms with Gasteiger partial charge in [-0.25, -0.2) is 0 Å². The van der Waals surface area contributed by atoms with Crippen molar-refractivity contribution in [1.29, 1.82) is 0 Å². The molecular weight excluding hydrogens is 126 g/mol. The molecule has 0 saturated heterocycles. The number of H-pyrrole nitrogens is 1. The van der Waals surface area contributed by atoms with Crippen LogP contribution in [0.2, 0.25) is 0 Å². The third-order valence-electron chi connectivity index (χ3n) is 1.57. The molecule has 2 nitrogen and oxygen atoms in total. The summed E-state index contributed by atoms with van der Waals surface area (Å²) in [5.41, 5.74) is 1.85. The zero-order chi connectivity index (χ0) is 6.97. The molecule has 1 heterocycles. The summed E-state index contributed by atoms with van der Waals surface area (Å²) in [4.78, 5) is 2.95. The van der Waals surface area contributed by atoms with E-state index in [1.165, 1.54) is 0 Å². The highest BCUT2D eigenvalue weighted by molar-refractivity contribution is 5.69. The fourth-order valence-corrected chi connectivity index (χ4v) is 1.06. The number of pyridine rings is 1. The van der Waals surface area contributed by atoms with Gasteiger partial charge in [0.15, 0.2) is 0 Å². The lowest BCUT2D eigenvalue weighted by molar-refractivity contribution is 0.477. The third kappa shape index (κ3) is 0.589. The highest BCUT2D eigenvalue weighted by Gasteiger charge is 2.05. The molecule has 2 heteroatoms. The maximum absolute atomic E-state index is 9.18. The van der Waals surface area contributed by atoms with Gasteiger partial charge < -0.3 is 10.1 Å². The van der Waals surface area contributed by atoms with Crippen LogP contribution in [0.5, 0.6) is 5.75 Å². The standard InChI is InChI=1S/C8H7NO/c10-7-4-3-6-2-1-5-9-8(6)7/h1-5,9-10H. The molecule has 0 unspecified atom stereocenters. The number of fused-ring (bicyclic) bond motifs is 1. The average molecular weight is 133 g/mol. The summed E-state index contributed by atoms with van der Waals surface area (Å²) < 4.78 is 0. The van der Waals surface area contributed by atoms with E-state index in [4.69, 9.17) is 0 Å². The molecule has 1 aliphatic heterocycles. The van der Waals surface area contributed by atoms with Crippen LogP contribution >= 0.6 is 0 Å². The molecule has 10 heavy (non-hydrogen) atoms. The van der Waals surface area contributed by atoms with E-state index in [0.29, 0.717) is 5.75 Å². The Kier molecular flexibility index (Phi) is 0.947. The highest BCUT2D eigenvalue weighted by Crippen LogP contribution is 2.29. The average Bonchev–Trinajstić information content (AvgIpc) is 2.34. The minimum atomic E-state index is 0.315. The molecule has 0 amide bonds. The van der Waals surface area contributed by atoms with Crippen molar-refractivity contribution < 1.29 is 5.11 Å². The topological polar surface area (TPSA) is 36.0 Å². The fourth-order valence-electron chi connectivity index (χ4n) is 1.06. The van der Waals surface area contributed by atoms with Crippen LogP contribution in [0.15, 0.2) is 30.5 Å². The lowest BCUT2D eigenvalue weighted by Crippen LogP contribution is -1.76. The number of nitrogens with one attached hydrogen (secondary N) is 1. The first-order valence-corrected chi connectivity index (χ1v) is 3.13. The second-order valence-corrected chi connectivity index (χ2v) is 2.22. The third-order valence-corrected chi connectivity index (χ3v) is 1.57. The number of rotatable bonds is 0. The first-order valence-electron chi connectivity index (χ1n) is 3.13. The summed E-state index contributed by atoms with van der Waals surface area (Å²) in [6.07, 6.45) is 1.79. The number of hydrogen-bond acceptors (Lipinski definition) is 1. The van der Waals surface area contributed by atoms with Crippen molar-refractivity contribution >= 4 is 0 Å². The lowest BCUT2D eigenvalue weighted by Gasteiger charge is -1.96. The van der Waals surface area contributed by atoms with Crippen LogP contribution < -0.4 is 0 Å². The molecule has 0 saturated carbocycles. The predicted molar refractivity (Wildman–Crippen MR) is 39.1 cm³/mol. The van der Waals surface area contributed by atoms with E-state index in [2.05, 4.69) is 4.98 Å². The molecule has 0 aromatic carbocycles. The Morgan fingerprint density at radius 2 is 2.10 bits per heavy atom. The smallest absolute Gasteiger partial charge is 0.139 e. The Morgan fingerprint density at radius 1 is 1.20 bits per heavy atom. The van der Waals surface area contributed by atoms with Crippen LogP contribution in [-0.4, -0.2) is 10.1 Å². The van der Waals surface area contributed by atoms with Gasteiger partial charge in [-0.15, -0.1) is 0 Å². The Labute approximate surface area is 58.5 Å². The maximum atomic E-state index is 9.18. The van der Waals surface area contributed by atoms with E-state index in [1.54, 1.807) is 12.3 Å². The first kappa shape index (κ1) is 5.35. The number of hydrogen-bond donors (Lipinski definition) is 2. The molecule has 0 bridgehead atoms. The van der Waals surface area contributed by atoms with Gasteiger partial charge in [-0.1, -0.05) is 6.07 Å². The monoisotopic (exact) mass is 133 g/mol. The van der Waals surface area contributed by atoms with E-state index in [-0.39, 0.29) is 0 Å². The molecule has 0 spiro atoms. The van der Waals surface area contributed by atoms with Crippen LogP contribution in [0, 0.1) is 0 Å². The summed E-state index contributed by atoms with van der Waals surface area (Å²) in [5.74, 6) is 0.315. The number of aromatic amines is 1. The maximum Gasteiger partial charge on any atom is 0.139 e. The number of aromatic nitrogens is 1. The van der Waals surface area contributed by atoms with Gasteiger partial charge in [0.05, 0.1) is 5.69 Å². The molecule has 0 atom stereocenters. The van der Waals surface area contributed by atoms with Crippen molar-refractivity contribution in [3.05, 3.63) is 30.5 Å². The molecule has 0 fully saturated rings. The van der Waals surface area contributed by atoms with Gasteiger partial charge in [-0.3, -0.25) is 0 Å². The molecule has 2 N–H and O–H groups in total. The summed E-state index contributed by atoms with van der Waals surface area (Å²) in [6, 6.07) is 7.41. The molecule has 50 valence electrons. The van der Waals surface area contributed by atoms with Crippen LogP contribution in [0.3, 0.4) is 0 Å². The van der Waals surface area contributed by atoms with Crippen molar-refractivity contribution in [3.8, 4) is 17.0 Å². The lowest BCUT2D eigenvalue weighted by atomic mass is 10.2. The summed E-state index contributed by atoms with van der Waals surface area (Å²) in [7, 11) is 0. The van der Waals surface area contributed by atoms with Crippen molar-refractivity contribution in [3.63, 3.8) is 0 Å². The first-order chi connectivity index (χ1) is 4.88. The fraction of sp³-hybridized carbons (Fsp3) is 0. The minimum Gasteiger partial charge on any atom is -0.506 e. The van der Waals surface area contributed by atoms with Crippen LogP contribution in [0.4, 0.5) is 0 Å². The Hall–Kier alpha value is -1.44. The van der Waals surface area contributed by atoms with Crippen molar-refractivity contribution in [2.24, 2.45) is 0 Å². The van der Waals surface area contributed by atoms with Crippen LogP contribution in [0.1, 0.15) is 0 Å². The van der Waals surface area contributed by atoms with Gasteiger partial charge in [0, 0.05) is 11.8 Å². The molecule has 0 aromatic heterocycles. The van der Waals surface area contributed by atoms with Crippen molar-refractivity contribution in [1.82, 2.24) is 4.98 Å². The van der Waals surface area contributed by atoms with Gasteiger partial charge in [0.25, 0.3) is 0 Å². The normalized spacial score (nSPS) is 10.4. The van der Waals surface area contributed by atoms with E-state index in [9.17, 15) is 5.11 Å². The van der Waals surface area contributed by atoms with Gasteiger partial charge >= 0.3 is 0 Å². The molecular formula is C8H7NO. The van der Waals surface area contributed by atoms with E-state index in [0.717, 1.165) is 11.3 Å². The Morgan fingerprint density at radius 3 is 2.90 bits per heavy atom. The van der Waals surface area contributed by atoms with Gasteiger partial charge in [-0.2, -0.15) is 0 Å². The largest absolute Gasteiger partial charge is 0.506 e. The predicted octanol–water partition coefficient (Wildman–Crippen LogP) is 1.83. The minimum absolute atomic E-state index is 0.315. The van der Waals surface area contributed by atoms with Gasteiger partial charge in [0.1, 0.15) is 5.75 Å². The molecule has 1 aliphatic carbocycles. The second-order valence-electron chi connectivity index (χ2n) is 2.22. The van der Waals surface area contributed by atoms with Gasteiger partial charge in [0.2, 0.25) is 0 Å². The van der Waals surface area contributed by atoms with E-state index >= 15 is 0 Å². The SMILES string of the molecule is Oc1ccc2ccc[nH]c1-2. The molecule has 0 aromatic rings. The highest BCUT2D eigenvalue weighted by atomic mass is 16.3. The van der Waals surface area contributed by atoms with Crippen molar-refractivity contribution in [2.45, 2.75) is 0 Å². The van der Waals surface area contributed by atoms with Crippen LogP contribution in [-0.2, 0) is 0 Å².